The van der Waals surface area contributed by atoms with Crippen LogP contribution < -0.4 is 9.64 Å². The van der Waals surface area contributed by atoms with Crippen molar-refractivity contribution in [2.75, 3.05) is 18.0 Å². The lowest BCUT2D eigenvalue weighted by Gasteiger charge is -2.24. The number of aryl methyl sites for hydroxylation is 2. The summed E-state index contributed by atoms with van der Waals surface area (Å²) >= 11 is 0. The summed E-state index contributed by atoms with van der Waals surface area (Å²) in [6.45, 7) is 3.90. The van der Waals surface area contributed by atoms with Crippen LogP contribution in [0.1, 0.15) is 62.0 Å². The standard InChI is InChI=1S/C25H31N7O3/c1-3-18-21(32-12-10-16(14-32)13-23(33)34)8-7-20(27-18)24-22(31(2)30-29-24)15-35-25-26-11-9-19(28-25)17-5-4-6-17/h7-9,11,16-17H,3-6,10,12-15H2,1-2H3,(H,33,34)/t16-/m1/s1. The molecule has 0 radical (unpaired) electrons. The molecule has 4 heterocycles. The SMILES string of the molecule is CCc1nc(-c2nnn(C)c2COc2nccc(C3CCC3)n2)ccc1N1CC[C@H](CC(=O)O)C1. The Morgan fingerprint density at radius 1 is 1.20 bits per heavy atom. The molecule has 5 rings (SSSR count). The van der Waals surface area contributed by atoms with Gasteiger partial charge >= 0.3 is 12.0 Å². The fourth-order valence-electron chi connectivity index (χ4n) is 4.86. The van der Waals surface area contributed by atoms with Gasteiger partial charge in [-0.2, -0.15) is 4.98 Å². The number of aromatic nitrogens is 6. The number of aliphatic carboxylic acids is 1. The molecule has 0 bridgehead atoms. The maximum absolute atomic E-state index is 11.1. The number of hydrogen-bond acceptors (Lipinski definition) is 8. The molecule has 1 N–H and O–H groups in total. The summed E-state index contributed by atoms with van der Waals surface area (Å²) < 4.78 is 7.65. The Morgan fingerprint density at radius 2 is 2.06 bits per heavy atom. The van der Waals surface area contributed by atoms with Crippen molar-refractivity contribution < 1.29 is 14.6 Å². The van der Waals surface area contributed by atoms with Gasteiger partial charge in [0.2, 0.25) is 0 Å². The van der Waals surface area contributed by atoms with Crippen molar-refractivity contribution in [1.82, 2.24) is 29.9 Å². The Balaban J connectivity index is 1.33. The topological polar surface area (TPSA) is 119 Å². The molecule has 184 valence electrons. The average Bonchev–Trinajstić information content (AvgIpc) is 3.42. The number of ether oxygens (including phenoxy) is 1. The zero-order valence-electron chi connectivity index (χ0n) is 20.2. The van der Waals surface area contributed by atoms with Gasteiger partial charge in [-0.1, -0.05) is 18.6 Å². The van der Waals surface area contributed by atoms with E-state index in [0.29, 0.717) is 17.6 Å². The van der Waals surface area contributed by atoms with Crippen molar-refractivity contribution in [2.24, 2.45) is 13.0 Å². The first-order chi connectivity index (χ1) is 17.0. The van der Waals surface area contributed by atoms with Gasteiger partial charge in [-0.25, -0.2) is 14.6 Å². The molecular weight excluding hydrogens is 446 g/mol. The van der Waals surface area contributed by atoms with Gasteiger partial charge in [0, 0.05) is 38.7 Å². The van der Waals surface area contributed by atoms with Crippen LogP contribution in [0.4, 0.5) is 5.69 Å². The van der Waals surface area contributed by atoms with E-state index in [4.69, 9.17) is 14.8 Å². The van der Waals surface area contributed by atoms with Crippen LogP contribution in [0, 0.1) is 5.92 Å². The van der Waals surface area contributed by atoms with Crippen molar-refractivity contribution in [3.05, 3.63) is 41.5 Å². The summed E-state index contributed by atoms with van der Waals surface area (Å²) in [7, 11) is 1.84. The van der Waals surface area contributed by atoms with Crippen LogP contribution in [0.25, 0.3) is 11.4 Å². The molecule has 3 aromatic heterocycles. The Bertz CT molecular complexity index is 1210. The van der Waals surface area contributed by atoms with Crippen LogP contribution in [0.2, 0.25) is 0 Å². The number of hydrogen-bond donors (Lipinski definition) is 1. The minimum atomic E-state index is -0.737. The monoisotopic (exact) mass is 477 g/mol. The van der Waals surface area contributed by atoms with Crippen LogP contribution in [-0.4, -0.2) is 54.1 Å². The fourth-order valence-corrected chi connectivity index (χ4v) is 4.86. The van der Waals surface area contributed by atoms with E-state index < -0.39 is 5.97 Å². The maximum atomic E-state index is 11.1. The molecule has 2 fully saturated rings. The van der Waals surface area contributed by atoms with E-state index in [1.54, 1.807) is 10.9 Å². The second kappa shape index (κ2) is 9.97. The number of anilines is 1. The third-order valence-corrected chi connectivity index (χ3v) is 7.08. The number of nitrogens with zero attached hydrogens (tertiary/aromatic N) is 7. The molecule has 1 aliphatic carbocycles. The molecule has 35 heavy (non-hydrogen) atoms. The van der Waals surface area contributed by atoms with Crippen LogP contribution >= 0.6 is 0 Å². The van der Waals surface area contributed by atoms with Gasteiger partial charge in [0.05, 0.1) is 22.8 Å². The van der Waals surface area contributed by atoms with E-state index in [1.807, 2.05) is 19.2 Å². The van der Waals surface area contributed by atoms with E-state index in [0.717, 1.165) is 54.4 Å². The predicted molar refractivity (Wildman–Crippen MR) is 129 cm³/mol. The predicted octanol–water partition coefficient (Wildman–Crippen LogP) is 3.38. The second-order valence-corrected chi connectivity index (χ2v) is 9.40. The van der Waals surface area contributed by atoms with E-state index in [2.05, 4.69) is 38.2 Å². The third kappa shape index (κ3) is 4.96. The summed E-state index contributed by atoms with van der Waals surface area (Å²) in [6.07, 6.45) is 7.20. The lowest BCUT2D eigenvalue weighted by Crippen LogP contribution is -2.22. The zero-order chi connectivity index (χ0) is 24.4. The summed E-state index contributed by atoms with van der Waals surface area (Å²) in [5.74, 6) is -0.0521. The molecule has 1 aliphatic heterocycles. The summed E-state index contributed by atoms with van der Waals surface area (Å²) in [4.78, 5) is 27.1. The van der Waals surface area contributed by atoms with E-state index >= 15 is 0 Å². The molecule has 0 spiro atoms. The van der Waals surface area contributed by atoms with Gasteiger partial charge in [0.15, 0.2) is 0 Å². The van der Waals surface area contributed by atoms with E-state index in [9.17, 15) is 4.79 Å². The summed E-state index contributed by atoms with van der Waals surface area (Å²) in [5, 5.41) is 17.7. The van der Waals surface area contributed by atoms with Crippen molar-refractivity contribution in [1.29, 1.82) is 0 Å². The highest BCUT2D eigenvalue weighted by molar-refractivity contribution is 5.67. The Kier molecular flexibility index (Phi) is 6.61. The average molecular weight is 478 g/mol. The molecule has 10 nitrogen and oxygen atoms in total. The van der Waals surface area contributed by atoms with Gasteiger partial charge in [0.1, 0.15) is 18.0 Å². The molecule has 1 saturated carbocycles. The summed E-state index contributed by atoms with van der Waals surface area (Å²) in [6, 6.07) is 6.36. The Hall–Kier alpha value is -3.56. The minimum absolute atomic E-state index is 0.172. The Morgan fingerprint density at radius 3 is 2.80 bits per heavy atom. The first kappa shape index (κ1) is 23.2. The lowest BCUT2D eigenvalue weighted by atomic mass is 9.83. The van der Waals surface area contributed by atoms with Crippen LogP contribution in [0.5, 0.6) is 6.01 Å². The van der Waals surface area contributed by atoms with Crippen molar-refractivity contribution >= 4 is 11.7 Å². The highest BCUT2D eigenvalue weighted by atomic mass is 16.5. The Labute approximate surface area is 204 Å². The highest BCUT2D eigenvalue weighted by Gasteiger charge is 2.27. The van der Waals surface area contributed by atoms with E-state index in [-0.39, 0.29) is 18.9 Å². The molecule has 0 unspecified atom stereocenters. The molecule has 1 atom stereocenters. The quantitative estimate of drug-likeness (QED) is 0.494. The molecule has 2 aliphatic rings. The molecule has 0 aromatic carbocycles. The van der Waals surface area contributed by atoms with Gasteiger partial charge < -0.3 is 14.7 Å². The molecule has 1 saturated heterocycles. The number of rotatable bonds is 9. The van der Waals surface area contributed by atoms with Gasteiger partial charge in [-0.3, -0.25) is 4.79 Å². The number of pyridine rings is 1. The van der Waals surface area contributed by atoms with Crippen molar-refractivity contribution in [3.63, 3.8) is 0 Å². The molecule has 10 heteroatoms. The molecule has 0 amide bonds. The molecule has 3 aromatic rings. The zero-order valence-corrected chi connectivity index (χ0v) is 20.2. The highest BCUT2D eigenvalue weighted by Crippen LogP contribution is 2.35. The van der Waals surface area contributed by atoms with Crippen molar-refractivity contribution in [3.8, 4) is 17.4 Å². The first-order valence-corrected chi connectivity index (χ1v) is 12.3. The number of carboxylic acids is 1. The van der Waals surface area contributed by atoms with Crippen molar-refractivity contribution in [2.45, 2.75) is 58.0 Å². The molecular formula is C25H31N7O3. The third-order valence-electron chi connectivity index (χ3n) is 7.08. The van der Waals surface area contributed by atoms with Gasteiger partial charge in [0.25, 0.3) is 0 Å². The lowest BCUT2D eigenvalue weighted by molar-refractivity contribution is -0.137. The van der Waals surface area contributed by atoms with Crippen LogP contribution in [-0.2, 0) is 24.9 Å². The smallest absolute Gasteiger partial charge is 0.316 e. The maximum Gasteiger partial charge on any atom is 0.316 e. The fraction of sp³-hybridized carbons (Fsp3) is 0.520. The summed E-state index contributed by atoms with van der Waals surface area (Å²) in [5.41, 5.74) is 5.28. The number of carbonyl (C=O) groups is 1. The second-order valence-electron chi connectivity index (χ2n) is 9.40. The van der Waals surface area contributed by atoms with Crippen LogP contribution in [0.3, 0.4) is 0 Å². The first-order valence-electron chi connectivity index (χ1n) is 12.3. The van der Waals surface area contributed by atoms with Gasteiger partial charge in [-0.15, -0.1) is 5.10 Å². The normalized spacial score (nSPS) is 18.0. The number of carboxylic acid groups (broad SMARTS) is 1. The van der Waals surface area contributed by atoms with Crippen LogP contribution in [0.15, 0.2) is 24.4 Å². The minimum Gasteiger partial charge on any atom is -0.481 e. The van der Waals surface area contributed by atoms with E-state index in [1.165, 1.54) is 19.3 Å². The largest absolute Gasteiger partial charge is 0.481 e. The van der Waals surface area contributed by atoms with Gasteiger partial charge in [-0.05, 0) is 49.8 Å².